The molecule has 0 fully saturated rings. The number of hydrogen-bond donors (Lipinski definition) is 16. The molecule has 0 aliphatic carbocycles. The highest BCUT2D eigenvalue weighted by Gasteiger charge is 2.36. The van der Waals surface area contributed by atoms with E-state index in [0.29, 0.717) is 12.0 Å². The van der Waals surface area contributed by atoms with Crippen LogP contribution in [0.5, 0.6) is 5.75 Å². The van der Waals surface area contributed by atoms with Crippen LogP contribution in [0.3, 0.4) is 0 Å². The van der Waals surface area contributed by atoms with E-state index >= 15 is 0 Å². The summed E-state index contributed by atoms with van der Waals surface area (Å²) >= 11 is 0. The minimum atomic E-state index is -1.36. The molecule has 9 amide bonds. The van der Waals surface area contributed by atoms with Gasteiger partial charge in [0.15, 0.2) is 11.9 Å². The van der Waals surface area contributed by atoms with Crippen LogP contribution >= 0.6 is 0 Å². The molecule has 0 saturated heterocycles. The predicted octanol–water partition coefficient (Wildman–Crippen LogP) is -0.665. The number of carboxylic acid groups (broad SMARTS) is 1. The van der Waals surface area contributed by atoms with E-state index in [0.717, 1.165) is 0 Å². The van der Waals surface area contributed by atoms with Crippen LogP contribution in [0, 0.1) is 35.5 Å². The summed E-state index contributed by atoms with van der Waals surface area (Å²) in [5.74, 6) is -9.48. The predicted molar refractivity (Wildman–Crippen MR) is 328 cm³/mol. The molecule has 0 aliphatic rings. The number of phenolic OH excluding ortho intramolecular Hbond substituents is 1. The fourth-order valence-electron chi connectivity index (χ4n) is 8.96. The number of nitrogens with two attached hydrogens (primary N) is 5. The third-order valence-electron chi connectivity index (χ3n) is 13.3. The molecule has 0 bridgehead atoms. The lowest BCUT2D eigenvalue weighted by Crippen LogP contribution is -2.61. The highest BCUT2D eigenvalue weighted by molar-refractivity contribution is 5.98. The van der Waals surface area contributed by atoms with Crippen molar-refractivity contribution in [2.45, 2.75) is 202 Å². The van der Waals surface area contributed by atoms with Gasteiger partial charge in [-0.25, -0.2) is 4.79 Å². The van der Waals surface area contributed by atoms with Crippen molar-refractivity contribution in [1.82, 2.24) is 47.9 Å². The summed E-state index contributed by atoms with van der Waals surface area (Å²) in [7, 11) is 0. The molecule has 0 unspecified atom stereocenters. The van der Waals surface area contributed by atoms with E-state index in [1.807, 2.05) is 69.2 Å². The summed E-state index contributed by atoms with van der Waals surface area (Å²) in [6.45, 7) is 21.3. The van der Waals surface area contributed by atoms with Gasteiger partial charge in [0.2, 0.25) is 53.2 Å². The largest absolute Gasteiger partial charge is 0.508 e. The first-order valence-electron chi connectivity index (χ1n) is 29.7. The fourth-order valence-corrected chi connectivity index (χ4v) is 8.96. The molecule has 1 aromatic rings. The number of rotatable bonds is 40. The number of hydrogen-bond acceptors (Lipinski definition) is 14. The van der Waals surface area contributed by atoms with Gasteiger partial charge in [0.1, 0.15) is 54.1 Å². The van der Waals surface area contributed by atoms with Crippen LogP contribution in [-0.4, -0.2) is 155 Å². The van der Waals surface area contributed by atoms with Crippen LogP contribution in [-0.2, 0) is 54.4 Å². The van der Waals surface area contributed by atoms with E-state index in [-0.39, 0.29) is 118 Å². The smallest absolute Gasteiger partial charge is 0.326 e. The average molecular weight is 1220 g/mol. The number of benzene rings is 1. The number of nitrogens with one attached hydrogen (secondary N) is 9. The molecule has 9 atom stereocenters. The highest BCUT2D eigenvalue weighted by Crippen LogP contribution is 2.16. The number of carbonyl (C=O) groups excluding carboxylic acids is 9. The Morgan fingerprint density at radius 3 is 1.16 bits per heavy atom. The zero-order valence-corrected chi connectivity index (χ0v) is 52.4. The average Bonchev–Trinajstić information content (AvgIpc) is 3.58. The number of amides is 9. The lowest BCUT2D eigenvalue weighted by molar-refractivity contribution is -0.141. The van der Waals surface area contributed by atoms with E-state index in [1.165, 1.54) is 24.3 Å². The summed E-state index contributed by atoms with van der Waals surface area (Å²) in [5, 5.41) is 43.5. The van der Waals surface area contributed by atoms with E-state index in [9.17, 15) is 58.2 Å². The standard InChI is InChI=1S/C58H102N16O12/c1-30(2)23-40(49(78)66-29-46(76)67-45(56(85)86)28-36-17-19-37(75)20-18-36)70-54(83)44(27-34(9)10)73-55(84)47(35(11)12)74-50(79)39(16-14-22-65-58(62)63)68-51(80)42(25-32(5)6)71-53(82)43(26-33(7)8)72-52(81)41(24-31(3)4)69-48(77)38(59)15-13-21-64-57(60)61/h17-20,30-35,38-45,47,75H,13-16,21-29,59H2,1-12H3,(H,66,78)(H,67,76)(H,68,80)(H,69,77)(H,70,83)(H,71,82)(H,72,81)(H,73,84)(H,74,79)(H,85,86)(H4,60,61,64)(H4,62,63,65)/t38-,39-,40-,41-,42-,43-,44-,45-,47-/m0/s1. The van der Waals surface area contributed by atoms with Gasteiger partial charge in [-0.3, -0.25) is 53.1 Å². The lowest BCUT2D eigenvalue weighted by Gasteiger charge is -2.30. The maximum absolute atomic E-state index is 14.4. The van der Waals surface area contributed by atoms with Gasteiger partial charge in [0, 0.05) is 19.5 Å². The van der Waals surface area contributed by atoms with E-state index in [4.69, 9.17) is 28.7 Å². The molecule has 86 heavy (non-hydrogen) atoms. The molecule has 0 heterocycles. The maximum Gasteiger partial charge on any atom is 0.326 e. The SMILES string of the molecule is CC(C)C[C@H](NC(=O)[C@H](CC(C)C)NC(=O)[C@@H](NC(=O)[C@H](CCCN=C(N)N)NC(=O)[C@H](CC(C)C)NC(=O)[C@H](CC(C)C)NC(=O)[C@H](CC(C)C)NC(=O)[C@@H](N)CCCN=C(N)N)C(C)C)C(=O)NCC(=O)N[C@@H](Cc1ccc(O)cc1)C(=O)O. The molecule has 0 radical (unpaired) electrons. The second kappa shape index (κ2) is 39.0. The molecular weight excluding hydrogens is 1110 g/mol. The number of carboxylic acids is 1. The van der Waals surface area contributed by atoms with Crippen molar-refractivity contribution in [2.24, 2.45) is 74.2 Å². The highest BCUT2D eigenvalue weighted by atomic mass is 16.4. The van der Waals surface area contributed by atoms with Gasteiger partial charge in [0.05, 0.1) is 12.6 Å². The van der Waals surface area contributed by atoms with E-state index in [1.54, 1.807) is 13.8 Å². The second-order valence-electron chi connectivity index (χ2n) is 24.3. The molecule has 0 aliphatic heterocycles. The maximum atomic E-state index is 14.4. The number of guanidine groups is 2. The van der Waals surface area contributed by atoms with Crippen LogP contribution in [0.1, 0.15) is 146 Å². The molecule has 1 rings (SSSR count). The molecular formula is C58H102N16O12. The van der Waals surface area contributed by atoms with Gasteiger partial charge >= 0.3 is 5.97 Å². The molecule has 1 aromatic carbocycles. The third kappa shape index (κ3) is 31.4. The van der Waals surface area contributed by atoms with Gasteiger partial charge in [-0.2, -0.15) is 0 Å². The van der Waals surface area contributed by atoms with Gasteiger partial charge in [-0.1, -0.05) is 95.2 Å². The first kappa shape index (κ1) is 76.2. The first-order chi connectivity index (χ1) is 40.1. The topological polar surface area (TPSA) is 474 Å². The Labute approximate surface area is 506 Å². The number of aliphatic imine (C=N–C) groups is 2. The Hall–Kier alpha value is -7.78. The number of nitrogens with zero attached hydrogens (tertiary/aromatic N) is 2. The normalized spacial score (nSPS) is 14.5. The molecule has 21 N–H and O–H groups in total. The van der Waals surface area contributed by atoms with Crippen molar-refractivity contribution >= 4 is 71.1 Å². The van der Waals surface area contributed by atoms with Crippen molar-refractivity contribution in [3.8, 4) is 5.75 Å². The summed E-state index contributed by atoms with van der Waals surface area (Å²) < 4.78 is 0. The summed E-state index contributed by atoms with van der Waals surface area (Å²) in [5.41, 5.74) is 28.6. The van der Waals surface area contributed by atoms with Gasteiger partial charge in [-0.05, 0) is 111 Å². The number of carbonyl (C=O) groups is 10. The number of aromatic hydroxyl groups is 1. The first-order valence-corrected chi connectivity index (χ1v) is 29.7. The van der Waals surface area contributed by atoms with Crippen molar-refractivity contribution in [3.63, 3.8) is 0 Å². The summed E-state index contributed by atoms with van der Waals surface area (Å²) in [4.78, 5) is 145. The number of aliphatic carboxylic acids is 1. The van der Waals surface area contributed by atoms with Crippen molar-refractivity contribution in [2.75, 3.05) is 19.6 Å². The van der Waals surface area contributed by atoms with Gasteiger partial charge < -0.3 is 86.7 Å². The molecule has 28 nitrogen and oxygen atoms in total. The molecule has 28 heteroatoms. The quantitative estimate of drug-likeness (QED) is 0.0220. The van der Waals surface area contributed by atoms with Crippen molar-refractivity contribution in [1.29, 1.82) is 0 Å². The Kier molecular flexibility index (Phi) is 34.6. The van der Waals surface area contributed by atoms with Gasteiger partial charge in [0.25, 0.3) is 0 Å². The van der Waals surface area contributed by atoms with Crippen molar-refractivity contribution < 1.29 is 58.2 Å². The Morgan fingerprint density at radius 2 is 0.791 bits per heavy atom. The van der Waals surface area contributed by atoms with E-state index in [2.05, 4.69) is 57.8 Å². The minimum Gasteiger partial charge on any atom is -0.508 e. The summed E-state index contributed by atoms with van der Waals surface area (Å²) in [6.07, 6.45) is 1.31. The molecule has 0 aromatic heterocycles. The number of phenols is 1. The zero-order valence-electron chi connectivity index (χ0n) is 52.4. The van der Waals surface area contributed by atoms with Crippen LogP contribution in [0.15, 0.2) is 34.3 Å². The van der Waals surface area contributed by atoms with E-state index < -0.39 is 126 Å². The van der Waals surface area contributed by atoms with Crippen LogP contribution in [0.25, 0.3) is 0 Å². The second-order valence-corrected chi connectivity index (χ2v) is 24.3. The summed E-state index contributed by atoms with van der Waals surface area (Å²) in [6, 6.07) is -5.10. The molecule has 0 spiro atoms. The third-order valence-corrected chi connectivity index (χ3v) is 13.3. The Balaban J connectivity index is 3.44. The fraction of sp³-hybridized carbons (Fsp3) is 0.690. The minimum absolute atomic E-state index is 0.0214. The molecule has 0 saturated carbocycles. The zero-order chi connectivity index (χ0) is 65.5. The van der Waals surface area contributed by atoms with Gasteiger partial charge in [-0.15, -0.1) is 0 Å². The Bertz CT molecular complexity index is 2430. The lowest BCUT2D eigenvalue weighted by atomic mass is 9.97. The molecule has 486 valence electrons. The van der Waals surface area contributed by atoms with Crippen molar-refractivity contribution in [3.05, 3.63) is 29.8 Å². The monoisotopic (exact) mass is 1210 g/mol. The Morgan fingerprint density at radius 1 is 0.442 bits per heavy atom. The van der Waals surface area contributed by atoms with Crippen LogP contribution in [0.2, 0.25) is 0 Å². The van der Waals surface area contributed by atoms with Crippen LogP contribution in [0.4, 0.5) is 0 Å². The van der Waals surface area contributed by atoms with Crippen LogP contribution < -0.4 is 76.5 Å².